The predicted molar refractivity (Wildman–Crippen MR) is 82.7 cm³/mol. The zero-order chi connectivity index (χ0) is 15.2. The molecule has 2 aliphatic carbocycles. The minimum Gasteiger partial charge on any atom is -0.285 e. The van der Waals surface area contributed by atoms with Gasteiger partial charge in [-0.2, -0.15) is 14.9 Å². The van der Waals surface area contributed by atoms with Crippen molar-refractivity contribution in [2.24, 2.45) is 5.41 Å². The number of hydrogen-bond donors (Lipinski definition) is 1. The topological polar surface area (TPSA) is 86.8 Å². The Labute approximate surface area is 131 Å². The Balaban J connectivity index is 1.60. The van der Waals surface area contributed by atoms with Crippen LogP contribution in [0.3, 0.4) is 0 Å². The van der Waals surface area contributed by atoms with E-state index in [9.17, 15) is 4.79 Å². The van der Waals surface area contributed by atoms with Gasteiger partial charge in [0.05, 0.1) is 6.20 Å². The number of hydrogen-bond acceptors (Lipinski definition) is 5. The van der Waals surface area contributed by atoms with Gasteiger partial charge in [0.15, 0.2) is 10.8 Å². The molecular formula is C15H17N5OS. The van der Waals surface area contributed by atoms with Crippen molar-refractivity contribution in [3.8, 4) is 6.07 Å². The van der Waals surface area contributed by atoms with Crippen LogP contribution in [0, 0.1) is 16.7 Å². The Bertz CT molecular complexity index is 811. The third kappa shape index (κ3) is 2.22. The van der Waals surface area contributed by atoms with Gasteiger partial charge in [-0.25, -0.2) is 9.78 Å². The van der Waals surface area contributed by atoms with Crippen molar-refractivity contribution in [3.05, 3.63) is 22.2 Å². The van der Waals surface area contributed by atoms with Crippen LogP contribution in [-0.2, 0) is 0 Å². The monoisotopic (exact) mass is 315 g/mol. The van der Waals surface area contributed by atoms with E-state index in [1.54, 1.807) is 11.8 Å². The Hall–Kier alpha value is -1.81. The summed E-state index contributed by atoms with van der Waals surface area (Å²) in [5.41, 5.74) is 0.910. The zero-order valence-corrected chi connectivity index (χ0v) is 13.0. The molecule has 2 heterocycles. The first kappa shape index (κ1) is 13.8. The van der Waals surface area contributed by atoms with E-state index >= 15 is 0 Å². The molecular weight excluding hydrogens is 298 g/mol. The summed E-state index contributed by atoms with van der Waals surface area (Å²) in [6, 6.07) is 2.03. The fraction of sp³-hybridized carbons (Fsp3) is 0.600. The molecule has 0 bridgehead atoms. The lowest BCUT2D eigenvalue weighted by Crippen LogP contribution is -2.20. The second kappa shape index (κ2) is 5.13. The summed E-state index contributed by atoms with van der Waals surface area (Å²) in [6.45, 7) is 0. The van der Waals surface area contributed by atoms with Crippen LogP contribution in [0.4, 0.5) is 0 Å². The molecule has 7 heteroatoms. The molecule has 4 rings (SSSR count). The van der Waals surface area contributed by atoms with Crippen LogP contribution >= 0.6 is 11.8 Å². The first-order valence-electron chi connectivity index (χ1n) is 7.74. The maximum Gasteiger partial charge on any atom is 0.350 e. The number of aromatic nitrogens is 4. The van der Waals surface area contributed by atoms with E-state index in [1.807, 2.05) is 6.07 Å². The Morgan fingerprint density at radius 1 is 1.41 bits per heavy atom. The maximum atomic E-state index is 12.0. The minimum atomic E-state index is -0.331. The van der Waals surface area contributed by atoms with Gasteiger partial charge in [0.1, 0.15) is 11.6 Å². The van der Waals surface area contributed by atoms with Crippen LogP contribution in [0.1, 0.15) is 50.5 Å². The van der Waals surface area contributed by atoms with Crippen LogP contribution in [0.15, 0.2) is 16.1 Å². The molecule has 2 fully saturated rings. The Morgan fingerprint density at radius 2 is 2.23 bits per heavy atom. The van der Waals surface area contributed by atoms with Crippen LogP contribution in [-0.4, -0.2) is 24.8 Å². The number of nitriles is 1. The summed E-state index contributed by atoms with van der Waals surface area (Å²) in [4.78, 5) is 19.2. The fourth-order valence-electron chi connectivity index (χ4n) is 3.99. The third-order valence-electron chi connectivity index (χ3n) is 5.08. The van der Waals surface area contributed by atoms with Crippen molar-refractivity contribution in [1.82, 2.24) is 19.6 Å². The van der Waals surface area contributed by atoms with E-state index in [4.69, 9.17) is 5.26 Å². The summed E-state index contributed by atoms with van der Waals surface area (Å²) in [7, 11) is 0. The lowest BCUT2D eigenvalue weighted by atomic mass is 9.85. The van der Waals surface area contributed by atoms with Crippen molar-refractivity contribution >= 4 is 17.4 Å². The number of rotatable bonds is 2. The van der Waals surface area contributed by atoms with Gasteiger partial charge in [0.25, 0.3) is 0 Å². The molecule has 0 aromatic carbocycles. The lowest BCUT2D eigenvalue weighted by Gasteiger charge is -2.22. The number of aromatic amines is 1. The normalized spacial score (nSPS) is 23.3. The van der Waals surface area contributed by atoms with Crippen molar-refractivity contribution in [2.45, 2.75) is 55.4 Å². The van der Waals surface area contributed by atoms with Crippen LogP contribution in [0.25, 0.3) is 5.65 Å². The maximum absolute atomic E-state index is 12.0. The van der Waals surface area contributed by atoms with Gasteiger partial charge in [0, 0.05) is 5.25 Å². The Kier molecular flexibility index (Phi) is 3.22. The molecule has 2 saturated carbocycles. The number of H-pyrrole nitrogens is 1. The standard InChI is InChI=1S/C15H17N5OS/c16-8-10-9-17-20-12(10)18-13(19-14(20)21)22-11-3-6-15(7-11)4-1-2-5-15/h9,11H,1-7H2,(H,18,19,21). The molecule has 1 atom stereocenters. The molecule has 0 radical (unpaired) electrons. The quantitative estimate of drug-likeness (QED) is 0.920. The lowest BCUT2D eigenvalue weighted by molar-refractivity contribution is 0.310. The molecule has 114 valence electrons. The molecule has 1 spiro atoms. The molecule has 0 aliphatic heterocycles. The van der Waals surface area contributed by atoms with E-state index in [0.717, 1.165) is 4.52 Å². The highest BCUT2D eigenvalue weighted by atomic mass is 32.2. The first-order chi connectivity index (χ1) is 10.7. The van der Waals surface area contributed by atoms with Gasteiger partial charge >= 0.3 is 5.69 Å². The summed E-state index contributed by atoms with van der Waals surface area (Å²) in [5, 5.41) is 14.1. The molecule has 0 amide bonds. The second-order valence-electron chi connectivity index (χ2n) is 6.44. The zero-order valence-electron chi connectivity index (χ0n) is 12.2. The average molecular weight is 315 g/mol. The van der Waals surface area contributed by atoms with Gasteiger partial charge in [-0.1, -0.05) is 24.6 Å². The molecule has 0 saturated heterocycles. The number of fused-ring (bicyclic) bond motifs is 1. The highest BCUT2D eigenvalue weighted by Crippen LogP contribution is 2.53. The van der Waals surface area contributed by atoms with Crippen LogP contribution < -0.4 is 5.69 Å². The SMILES string of the molecule is N#Cc1cnn2c(=O)[nH]c(SC3CCC4(CCCC4)C3)nc12. The molecule has 2 aliphatic rings. The second-order valence-corrected chi connectivity index (χ2v) is 7.73. The largest absolute Gasteiger partial charge is 0.350 e. The third-order valence-corrected chi connectivity index (χ3v) is 6.23. The van der Waals surface area contributed by atoms with Gasteiger partial charge in [0.2, 0.25) is 0 Å². The van der Waals surface area contributed by atoms with Gasteiger partial charge in [-0.15, -0.1) is 0 Å². The fourth-order valence-corrected chi connectivity index (χ4v) is 5.27. The molecule has 2 aromatic rings. The van der Waals surface area contributed by atoms with Crippen molar-refractivity contribution in [1.29, 1.82) is 5.26 Å². The molecule has 22 heavy (non-hydrogen) atoms. The predicted octanol–water partition coefficient (Wildman–Crippen LogP) is 2.49. The number of nitrogens with one attached hydrogen (secondary N) is 1. The first-order valence-corrected chi connectivity index (χ1v) is 8.62. The number of nitrogens with zero attached hydrogens (tertiary/aromatic N) is 4. The van der Waals surface area contributed by atoms with Gasteiger partial charge in [-0.05, 0) is 37.5 Å². The molecule has 6 nitrogen and oxygen atoms in total. The summed E-state index contributed by atoms with van der Waals surface area (Å²) < 4.78 is 1.15. The van der Waals surface area contributed by atoms with E-state index in [-0.39, 0.29) is 5.69 Å². The Morgan fingerprint density at radius 3 is 3.00 bits per heavy atom. The highest BCUT2D eigenvalue weighted by Gasteiger charge is 2.41. The minimum absolute atomic E-state index is 0.331. The molecule has 2 aromatic heterocycles. The van der Waals surface area contributed by atoms with E-state index in [0.29, 0.717) is 27.0 Å². The van der Waals surface area contributed by atoms with Crippen LogP contribution in [0.2, 0.25) is 0 Å². The van der Waals surface area contributed by atoms with Crippen molar-refractivity contribution < 1.29 is 0 Å². The summed E-state index contributed by atoms with van der Waals surface area (Å²) in [6.07, 6.45) is 10.5. The smallest absolute Gasteiger partial charge is 0.285 e. The number of thioether (sulfide) groups is 1. The molecule has 1 N–H and O–H groups in total. The van der Waals surface area contributed by atoms with Gasteiger partial charge in [-0.3, -0.25) is 4.98 Å². The molecule has 1 unspecified atom stereocenters. The van der Waals surface area contributed by atoms with Crippen LogP contribution in [0.5, 0.6) is 0 Å². The van der Waals surface area contributed by atoms with Gasteiger partial charge < -0.3 is 0 Å². The average Bonchev–Trinajstić information content (AvgIpc) is 3.21. The summed E-state index contributed by atoms with van der Waals surface area (Å²) >= 11 is 1.65. The van der Waals surface area contributed by atoms with E-state index in [1.165, 1.54) is 51.1 Å². The van der Waals surface area contributed by atoms with E-state index in [2.05, 4.69) is 15.1 Å². The van der Waals surface area contributed by atoms with E-state index < -0.39 is 0 Å². The van der Waals surface area contributed by atoms with Crippen molar-refractivity contribution in [3.63, 3.8) is 0 Å². The highest BCUT2D eigenvalue weighted by molar-refractivity contribution is 7.99. The summed E-state index contributed by atoms with van der Waals surface area (Å²) in [5.74, 6) is 0. The van der Waals surface area contributed by atoms with Crippen molar-refractivity contribution in [2.75, 3.05) is 0 Å².